The van der Waals surface area contributed by atoms with Gasteiger partial charge >= 0.3 is 0 Å². The maximum Gasteiger partial charge on any atom is 0.257 e. The van der Waals surface area contributed by atoms with Crippen LogP contribution in [0, 0.1) is 0 Å². The van der Waals surface area contributed by atoms with E-state index < -0.39 is 0 Å². The van der Waals surface area contributed by atoms with Gasteiger partial charge in [-0.25, -0.2) is 0 Å². The van der Waals surface area contributed by atoms with Gasteiger partial charge in [0.05, 0.1) is 0 Å². The number of rotatable bonds is 4. The quantitative estimate of drug-likeness (QED) is 0.497. The Bertz CT molecular complexity index is 43.8. The van der Waals surface area contributed by atoms with Gasteiger partial charge in [-0.3, -0.25) is 0 Å². The van der Waals surface area contributed by atoms with E-state index in [9.17, 15) is 0 Å². The van der Waals surface area contributed by atoms with E-state index in [4.69, 9.17) is 4.65 Å². The molecule has 1 atom stereocenters. The topological polar surface area (TPSA) is 9.23 Å². The molecule has 0 aromatic rings. The van der Waals surface area contributed by atoms with E-state index in [1.54, 1.807) is 8.05 Å². The highest BCUT2D eigenvalue weighted by Crippen LogP contribution is 2.02. The van der Waals surface area contributed by atoms with Crippen LogP contribution in [0.2, 0.25) is 0 Å². The molecule has 0 aromatic heterocycles. The SMILES string of the molecule is BOC(CC)CCC. The van der Waals surface area contributed by atoms with Crippen molar-refractivity contribution < 1.29 is 4.65 Å². The summed E-state index contributed by atoms with van der Waals surface area (Å²) in [4.78, 5) is 0. The molecule has 0 aromatic carbocycles. The van der Waals surface area contributed by atoms with Gasteiger partial charge in [0.1, 0.15) is 0 Å². The molecular weight excluding hydrogens is 98.9 g/mol. The van der Waals surface area contributed by atoms with Crippen LogP contribution in [-0.2, 0) is 4.65 Å². The van der Waals surface area contributed by atoms with E-state index in [0.717, 1.165) is 6.42 Å². The van der Waals surface area contributed by atoms with Crippen molar-refractivity contribution in [2.75, 3.05) is 0 Å². The molecule has 0 aliphatic heterocycles. The molecule has 1 nitrogen and oxygen atoms in total. The number of hydrogen-bond acceptors (Lipinski definition) is 1. The largest absolute Gasteiger partial charge is 0.441 e. The predicted molar refractivity (Wildman–Crippen MR) is 38.6 cm³/mol. The highest BCUT2D eigenvalue weighted by molar-refractivity contribution is 5.98. The molecule has 0 aliphatic carbocycles. The zero-order valence-electron chi connectivity index (χ0n) is 6.11. The fourth-order valence-electron chi connectivity index (χ4n) is 0.811. The van der Waals surface area contributed by atoms with Crippen LogP contribution in [0.4, 0.5) is 0 Å². The van der Waals surface area contributed by atoms with Gasteiger partial charge in [0, 0.05) is 6.10 Å². The maximum atomic E-state index is 5.14. The third-order valence-corrected chi connectivity index (χ3v) is 1.40. The summed E-state index contributed by atoms with van der Waals surface area (Å²) in [6.07, 6.45) is 4.07. The molecular formula is C6H15BO. The van der Waals surface area contributed by atoms with Gasteiger partial charge < -0.3 is 4.65 Å². The normalized spacial score (nSPS) is 13.8. The summed E-state index contributed by atoms with van der Waals surface area (Å²) in [5.74, 6) is 0. The average molecular weight is 114 g/mol. The molecule has 0 aliphatic rings. The Labute approximate surface area is 52.9 Å². The van der Waals surface area contributed by atoms with Crippen LogP contribution in [0.15, 0.2) is 0 Å². The first-order chi connectivity index (χ1) is 3.85. The van der Waals surface area contributed by atoms with E-state index in [2.05, 4.69) is 13.8 Å². The van der Waals surface area contributed by atoms with Crippen LogP contribution >= 0.6 is 0 Å². The van der Waals surface area contributed by atoms with E-state index in [0.29, 0.717) is 6.10 Å². The molecule has 0 saturated carbocycles. The summed E-state index contributed by atoms with van der Waals surface area (Å²) in [5, 5.41) is 0. The second-order valence-corrected chi connectivity index (χ2v) is 2.05. The van der Waals surface area contributed by atoms with Crippen LogP contribution < -0.4 is 0 Å². The van der Waals surface area contributed by atoms with Gasteiger partial charge in [-0.2, -0.15) is 0 Å². The Morgan fingerprint density at radius 2 is 2.12 bits per heavy atom. The predicted octanol–water partition coefficient (Wildman–Crippen LogP) is 1.13. The zero-order chi connectivity index (χ0) is 6.41. The van der Waals surface area contributed by atoms with Crippen LogP contribution in [-0.4, -0.2) is 14.2 Å². The molecule has 1 unspecified atom stereocenters. The van der Waals surface area contributed by atoms with E-state index in [1.165, 1.54) is 12.8 Å². The van der Waals surface area contributed by atoms with Gasteiger partial charge in [0.25, 0.3) is 8.05 Å². The van der Waals surface area contributed by atoms with Crippen molar-refractivity contribution in [2.24, 2.45) is 0 Å². The fraction of sp³-hybridized carbons (Fsp3) is 1.00. The molecule has 8 heavy (non-hydrogen) atoms. The van der Waals surface area contributed by atoms with Crippen LogP contribution in [0.5, 0.6) is 0 Å². The average Bonchev–Trinajstić information content (AvgIpc) is 1.83. The highest BCUT2D eigenvalue weighted by Gasteiger charge is 1.98. The van der Waals surface area contributed by atoms with E-state index >= 15 is 0 Å². The third kappa shape index (κ3) is 3.08. The molecule has 0 heterocycles. The minimum Gasteiger partial charge on any atom is -0.441 e. The van der Waals surface area contributed by atoms with E-state index in [1.807, 2.05) is 0 Å². The van der Waals surface area contributed by atoms with Crippen LogP contribution in [0.25, 0.3) is 0 Å². The lowest BCUT2D eigenvalue weighted by atomic mass is 10.1. The summed E-state index contributed by atoms with van der Waals surface area (Å²) >= 11 is 0. The van der Waals surface area contributed by atoms with Gasteiger partial charge in [-0.05, 0) is 12.8 Å². The summed E-state index contributed by atoms with van der Waals surface area (Å²) in [5.41, 5.74) is 0. The summed E-state index contributed by atoms with van der Waals surface area (Å²) in [7, 11) is 1.78. The lowest BCUT2D eigenvalue weighted by molar-refractivity contribution is 0.204. The second-order valence-electron chi connectivity index (χ2n) is 2.05. The van der Waals surface area contributed by atoms with Crippen molar-refractivity contribution >= 4 is 8.05 Å². The van der Waals surface area contributed by atoms with Crippen molar-refractivity contribution in [2.45, 2.75) is 39.2 Å². The van der Waals surface area contributed by atoms with E-state index in [-0.39, 0.29) is 0 Å². The van der Waals surface area contributed by atoms with Crippen LogP contribution in [0.1, 0.15) is 33.1 Å². The summed E-state index contributed by atoms with van der Waals surface area (Å²) in [6, 6.07) is 0. The lowest BCUT2D eigenvalue weighted by Crippen LogP contribution is -2.08. The molecule has 0 amide bonds. The smallest absolute Gasteiger partial charge is 0.257 e. The summed E-state index contributed by atoms with van der Waals surface area (Å²) < 4.78 is 5.14. The highest BCUT2D eigenvalue weighted by atomic mass is 16.4. The molecule has 0 spiro atoms. The second kappa shape index (κ2) is 5.17. The van der Waals surface area contributed by atoms with Gasteiger partial charge in [0.15, 0.2) is 0 Å². The molecule has 0 N–H and O–H groups in total. The van der Waals surface area contributed by atoms with Gasteiger partial charge in [-0.1, -0.05) is 20.3 Å². The van der Waals surface area contributed by atoms with Crippen molar-refractivity contribution in [1.29, 1.82) is 0 Å². The first-order valence-corrected chi connectivity index (χ1v) is 3.37. The lowest BCUT2D eigenvalue weighted by Gasteiger charge is -2.10. The molecule has 0 fully saturated rings. The Morgan fingerprint density at radius 3 is 2.25 bits per heavy atom. The first-order valence-electron chi connectivity index (χ1n) is 3.37. The monoisotopic (exact) mass is 114 g/mol. The third-order valence-electron chi connectivity index (χ3n) is 1.40. The number of hydrogen-bond donors (Lipinski definition) is 0. The van der Waals surface area contributed by atoms with Crippen molar-refractivity contribution in [3.63, 3.8) is 0 Å². The van der Waals surface area contributed by atoms with Crippen LogP contribution in [0.3, 0.4) is 0 Å². The standard InChI is InChI=1S/C6H15BO/c1-3-5-6(4-2)8-7/h6H,3-5,7H2,1-2H3. The summed E-state index contributed by atoms with van der Waals surface area (Å²) in [6.45, 7) is 4.34. The maximum absolute atomic E-state index is 5.14. The molecule has 2 heteroatoms. The minimum absolute atomic E-state index is 0.500. The Kier molecular flexibility index (Phi) is 5.18. The Balaban J connectivity index is 3.07. The zero-order valence-corrected chi connectivity index (χ0v) is 6.11. The molecule has 48 valence electrons. The molecule has 0 saturated heterocycles. The van der Waals surface area contributed by atoms with Crippen molar-refractivity contribution in [1.82, 2.24) is 0 Å². The van der Waals surface area contributed by atoms with Crippen molar-refractivity contribution in [3.8, 4) is 0 Å². The molecule has 0 radical (unpaired) electrons. The Hall–Kier alpha value is 0.0249. The Morgan fingerprint density at radius 1 is 1.50 bits per heavy atom. The van der Waals surface area contributed by atoms with Crippen molar-refractivity contribution in [3.05, 3.63) is 0 Å². The molecule has 0 rings (SSSR count). The van der Waals surface area contributed by atoms with Gasteiger partial charge in [-0.15, -0.1) is 0 Å². The minimum atomic E-state index is 0.500. The molecule has 0 bridgehead atoms. The fourth-order valence-corrected chi connectivity index (χ4v) is 0.811. The first kappa shape index (κ1) is 8.02. The van der Waals surface area contributed by atoms with Gasteiger partial charge in [0.2, 0.25) is 0 Å².